The minimum absolute atomic E-state index is 0.172. The average molecular weight is 222 g/mol. The number of rotatable bonds is 3. The summed E-state index contributed by atoms with van der Waals surface area (Å²) in [5, 5.41) is 0. The molecular weight excluding hydrogens is 211 g/mol. The van der Waals surface area contributed by atoms with Gasteiger partial charge in [0.2, 0.25) is 0 Å². The third-order valence-electron chi connectivity index (χ3n) is 2.21. The van der Waals surface area contributed by atoms with Crippen LogP contribution in [0.3, 0.4) is 0 Å². The minimum atomic E-state index is -0.197. The monoisotopic (exact) mass is 222 g/mol. The van der Waals surface area contributed by atoms with Crippen molar-refractivity contribution in [2.75, 3.05) is 0 Å². The predicted molar refractivity (Wildman–Crippen MR) is 59.1 cm³/mol. The Morgan fingerprint density at radius 2 is 2.20 bits per heavy atom. The van der Waals surface area contributed by atoms with Gasteiger partial charge in [0.05, 0.1) is 5.51 Å². The van der Waals surface area contributed by atoms with E-state index >= 15 is 0 Å². The van der Waals surface area contributed by atoms with E-state index in [0.29, 0.717) is 12.0 Å². The molecule has 0 aliphatic heterocycles. The molecule has 1 unspecified atom stereocenters. The first-order chi connectivity index (χ1) is 7.27. The second-order valence-electron chi connectivity index (χ2n) is 3.31. The van der Waals surface area contributed by atoms with Crippen molar-refractivity contribution in [2.24, 2.45) is 5.73 Å². The Balaban J connectivity index is 2.13. The van der Waals surface area contributed by atoms with Crippen LogP contribution in [0.15, 0.2) is 36.0 Å². The number of nitrogens with zero attached hydrogens (tertiary/aromatic N) is 1. The number of hydrogen-bond donors (Lipinski definition) is 1. The van der Waals surface area contributed by atoms with Gasteiger partial charge in [0.15, 0.2) is 0 Å². The van der Waals surface area contributed by atoms with E-state index in [0.717, 1.165) is 4.88 Å². The van der Waals surface area contributed by atoms with Crippen LogP contribution in [0.4, 0.5) is 4.39 Å². The summed E-state index contributed by atoms with van der Waals surface area (Å²) in [4.78, 5) is 4.94. The van der Waals surface area contributed by atoms with Crippen LogP contribution in [0.5, 0.6) is 0 Å². The Hall–Kier alpha value is -1.26. The van der Waals surface area contributed by atoms with E-state index in [1.807, 2.05) is 6.07 Å². The molecule has 0 spiro atoms. The Bertz CT molecular complexity index is 428. The number of halogens is 1. The van der Waals surface area contributed by atoms with Gasteiger partial charge < -0.3 is 5.73 Å². The lowest BCUT2D eigenvalue weighted by Crippen LogP contribution is -2.12. The molecule has 0 bridgehead atoms. The number of aromatic nitrogens is 1. The van der Waals surface area contributed by atoms with Gasteiger partial charge in [-0.25, -0.2) is 4.39 Å². The smallest absolute Gasteiger partial charge is 0.126 e. The second-order valence-corrected chi connectivity index (χ2v) is 4.22. The molecule has 15 heavy (non-hydrogen) atoms. The minimum Gasteiger partial charge on any atom is -0.323 e. The zero-order chi connectivity index (χ0) is 10.7. The highest BCUT2D eigenvalue weighted by atomic mass is 32.1. The third kappa shape index (κ3) is 2.40. The summed E-state index contributed by atoms with van der Waals surface area (Å²) < 4.78 is 13.3. The fourth-order valence-corrected chi connectivity index (χ4v) is 2.03. The Kier molecular flexibility index (Phi) is 3.08. The fourth-order valence-electron chi connectivity index (χ4n) is 1.41. The molecule has 0 amide bonds. The molecule has 2 N–H and O–H groups in total. The number of benzene rings is 1. The van der Waals surface area contributed by atoms with E-state index in [1.165, 1.54) is 17.4 Å². The van der Waals surface area contributed by atoms with Crippen molar-refractivity contribution in [3.05, 3.63) is 52.2 Å². The summed E-state index contributed by atoms with van der Waals surface area (Å²) in [6.07, 6.45) is 2.24. The third-order valence-corrected chi connectivity index (χ3v) is 3.12. The molecule has 0 aliphatic carbocycles. The molecule has 0 radical (unpaired) electrons. The SMILES string of the molecule is NC(Cc1ccccc1F)c1cncs1. The van der Waals surface area contributed by atoms with Crippen molar-refractivity contribution >= 4 is 11.3 Å². The summed E-state index contributed by atoms with van der Waals surface area (Å²) in [5.74, 6) is -0.197. The maximum Gasteiger partial charge on any atom is 0.126 e. The van der Waals surface area contributed by atoms with Crippen molar-refractivity contribution in [3.63, 3.8) is 0 Å². The van der Waals surface area contributed by atoms with E-state index < -0.39 is 0 Å². The van der Waals surface area contributed by atoms with Crippen LogP contribution in [-0.4, -0.2) is 4.98 Å². The molecular formula is C11H11FN2S. The highest BCUT2D eigenvalue weighted by molar-refractivity contribution is 7.09. The van der Waals surface area contributed by atoms with Gasteiger partial charge in [-0.1, -0.05) is 18.2 Å². The highest BCUT2D eigenvalue weighted by Crippen LogP contribution is 2.20. The molecule has 2 rings (SSSR count). The zero-order valence-corrected chi connectivity index (χ0v) is 8.88. The molecule has 2 nitrogen and oxygen atoms in total. The fraction of sp³-hybridized carbons (Fsp3) is 0.182. The van der Waals surface area contributed by atoms with Gasteiger partial charge in [0.25, 0.3) is 0 Å². The first kappa shape index (κ1) is 10.3. The summed E-state index contributed by atoms with van der Waals surface area (Å²) in [6, 6.07) is 6.54. The van der Waals surface area contributed by atoms with Crippen LogP contribution in [0.1, 0.15) is 16.5 Å². The van der Waals surface area contributed by atoms with Crippen molar-refractivity contribution in [1.29, 1.82) is 0 Å². The van der Waals surface area contributed by atoms with Gasteiger partial charge in [-0.05, 0) is 18.1 Å². The standard InChI is InChI=1S/C11H11FN2S/c12-9-4-2-1-3-8(9)5-10(13)11-6-14-7-15-11/h1-4,6-7,10H,5,13H2. The van der Waals surface area contributed by atoms with Gasteiger partial charge in [-0.2, -0.15) is 0 Å². The van der Waals surface area contributed by atoms with Gasteiger partial charge in [-0.15, -0.1) is 11.3 Å². The molecule has 0 fully saturated rings. The first-order valence-corrected chi connectivity index (χ1v) is 5.52. The maximum atomic E-state index is 13.3. The highest BCUT2D eigenvalue weighted by Gasteiger charge is 2.10. The lowest BCUT2D eigenvalue weighted by molar-refractivity contribution is 0.595. The number of nitrogens with two attached hydrogens (primary N) is 1. The molecule has 1 aromatic heterocycles. The summed E-state index contributed by atoms with van der Waals surface area (Å²) in [6.45, 7) is 0. The van der Waals surface area contributed by atoms with E-state index in [2.05, 4.69) is 4.98 Å². The average Bonchev–Trinajstić information content (AvgIpc) is 2.74. The molecule has 78 valence electrons. The molecule has 0 aliphatic rings. The van der Waals surface area contributed by atoms with E-state index in [9.17, 15) is 4.39 Å². The Labute approximate surface area is 91.6 Å². The van der Waals surface area contributed by atoms with E-state index in [-0.39, 0.29) is 11.9 Å². The first-order valence-electron chi connectivity index (χ1n) is 4.65. The van der Waals surface area contributed by atoms with Gasteiger partial charge in [0.1, 0.15) is 5.82 Å². The normalized spacial score (nSPS) is 12.7. The van der Waals surface area contributed by atoms with Crippen LogP contribution < -0.4 is 5.73 Å². The number of thiazole rings is 1. The van der Waals surface area contributed by atoms with Gasteiger partial charge in [-0.3, -0.25) is 4.98 Å². The van der Waals surface area contributed by atoms with Crippen molar-refractivity contribution < 1.29 is 4.39 Å². The van der Waals surface area contributed by atoms with Gasteiger partial charge >= 0.3 is 0 Å². The predicted octanol–water partition coefficient (Wildman–Crippen LogP) is 2.52. The Morgan fingerprint density at radius 1 is 1.40 bits per heavy atom. The molecule has 2 aromatic rings. The van der Waals surface area contributed by atoms with Crippen LogP contribution in [0.25, 0.3) is 0 Å². The van der Waals surface area contributed by atoms with Crippen LogP contribution >= 0.6 is 11.3 Å². The quantitative estimate of drug-likeness (QED) is 0.866. The molecule has 1 atom stereocenters. The van der Waals surface area contributed by atoms with Crippen molar-refractivity contribution in [1.82, 2.24) is 4.98 Å². The largest absolute Gasteiger partial charge is 0.323 e. The molecule has 1 aromatic carbocycles. The lowest BCUT2D eigenvalue weighted by Gasteiger charge is -2.09. The zero-order valence-electron chi connectivity index (χ0n) is 8.06. The molecule has 4 heteroatoms. The lowest BCUT2D eigenvalue weighted by atomic mass is 10.1. The molecule has 0 saturated heterocycles. The van der Waals surface area contributed by atoms with Gasteiger partial charge in [0, 0.05) is 17.1 Å². The summed E-state index contributed by atoms with van der Waals surface area (Å²) in [5.41, 5.74) is 8.33. The van der Waals surface area contributed by atoms with E-state index in [4.69, 9.17) is 5.73 Å². The topological polar surface area (TPSA) is 38.9 Å². The maximum absolute atomic E-state index is 13.3. The van der Waals surface area contributed by atoms with Crippen molar-refractivity contribution in [2.45, 2.75) is 12.5 Å². The van der Waals surface area contributed by atoms with Crippen LogP contribution in [0.2, 0.25) is 0 Å². The number of hydrogen-bond acceptors (Lipinski definition) is 3. The molecule has 1 heterocycles. The van der Waals surface area contributed by atoms with Crippen LogP contribution in [0, 0.1) is 5.82 Å². The summed E-state index contributed by atoms with van der Waals surface area (Å²) in [7, 11) is 0. The van der Waals surface area contributed by atoms with Crippen LogP contribution in [-0.2, 0) is 6.42 Å². The molecule has 0 saturated carbocycles. The van der Waals surface area contributed by atoms with E-state index in [1.54, 1.807) is 23.8 Å². The second kappa shape index (κ2) is 4.51. The summed E-state index contributed by atoms with van der Waals surface area (Å²) >= 11 is 1.50. The van der Waals surface area contributed by atoms with Crippen molar-refractivity contribution in [3.8, 4) is 0 Å². The Morgan fingerprint density at radius 3 is 2.87 bits per heavy atom.